The number of aryl methyl sites for hydroxylation is 2. The van der Waals surface area contributed by atoms with Gasteiger partial charge in [0, 0.05) is 25.6 Å². The first kappa shape index (κ1) is 15.0. The van der Waals surface area contributed by atoms with E-state index >= 15 is 0 Å². The van der Waals surface area contributed by atoms with Gasteiger partial charge in [-0.25, -0.2) is 0 Å². The molecule has 0 bridgehead atoms. The van der Waals surface area contributed by atoms with E-state index in [1.807, 2.05) is 13.8 Å². The van der Waals surface area contributed by atoms with E-state index in [1.54, 1.807) is 11.7 Å². The Labute approximate surface area is 133 Å². The zero-order valence-corrected chi connectivity index (χ0v) is 13.6. The lowest BCUT2D eigenvalue weighted by atomic mass is 9.82. The summed E-state index contributed by atoms with van der Waals surface area (Å²) < 4.78 is 6.96. The predicted molar refractivity (Wildman–Crippen MR) is 79.7 cm³/mol. The molecule has 1 saturated heterocycles. The monoisotopic (exact) mass is 323 g/mol. The van der Waals surface area contributed by atoms with Crippen LogP contribution in [-0.4, -0.2) is 32.4 Å². The zero-order valence-electron chi connectivity index (χ0n) is 12.8. The molecule has 3 heterocycles. The molecule has 0 saturated carbocycles. The van der Waals surface area contributed by atoms with Crippen molar-refractivity contribution in [2.45, 2.75) is 38.5 Å². The van der Waals surface area contributed by atoms with E-state index in [-0.39, 0.29) is 5.91 Å². The van der Waals surface area contributed by atoms with Gasteiger partial charge in [0.15, 0.2) is 5.82 Å². The van der Waals surface area contributed by atoms with Gasteiger partial charge in [-0.3, -0.25) is 9.48 Å². The van der Waals surface area contributed by atoms with E-state index < -0.39 is 5.41 Å². The first-order valence-electron chi connectivity index (χ1n) is 7.21. The maximum Gasteiger partial charge on any atom is 0.242 e. The maximum absolute atomic E-state index is 12.1. The maximum atomic E-state index is 12.1. The van der Waals surface area contributed by atoms with Crippen molar-refractivity contribution in [3.8, 4) is 0 Å². The van der Waals surface area contributed by atoms with Gasteiger partial charge in [0.1, 0.15) is 10.6 Å². The van der Waals surface area contributed by atoms with Crippen molar-refractivity contribution >= 4 is 17.5 Å². The number of carbonyl (C=O) groups is 1. The standard InChI is InChI=1S/C14H18ClN5O2/c1-8-9(11(15)20(3)18-8)7-10-17-13(22-19-10)14(2)5-4-6-16-12(14)21/h4-7H2,1-3H3,(H,16,21). The molecular formula is C14H18ClN5O2. The lowest BCUT2D eigenvalue weighted by molar-refractivity contribution is -0.128. The largest absolute Gasteiger partial charge is 0.355 e. The highest BCUT2D eigenvalue weighted by Crippen LogP contribution is 2.31. The number of halogens is 1. The summed E-state index contributed by atoms with van der Waals surface area (Å²) in [6.45, 7) is 4.42. The Kier molecular flexibility index (Phi) is 3.68. The van der Waals surface area contributed by atoms with Crippen LogP contribution in [0.25, 0.3) is 0 Å². The second-order valence-electron chi connectivity index (χ2n) is 5.86. The number of amides is 1. The Hall–Kier alpha value is -1.89. The molecule has 2 aromatic heterocycles. The highest BCUT2D eigenvalue weighted by molar-refractivity contribution is 6.30. The van der Waals surface area contributed by atoms with Gasteiger partial charge >= 0.3 is 0 Å². The van der Waals surface area contributed by atoms with E-state index in [0.29, 0.717) is 36.3 Å². The Bertz CT molecular complexity index is 723. The molecule has 1 atom stereocenters. The van der Waals surface area contributed by atoms with Crippen molar-refractivity contribution in [1.82, 2.24) is 25.2 Å². The third kappa shape index (κ3) is 2.39. The molecule has 0 spiro atoms. The highest BCUT2D eigenvalue weighted by atomic mass is 35.5. The van der Waals surface area contributed by atoms with Crippen LogP contribution < -0.4 is 5.32 Å². The fourth-order valence-electron chi connectivity index (χ4n) is 2.74. The van der Waals surface area contributed by atoms with Gasteiger partial charge in [0.25, 0.3) is 0 Å². The fraction of sp³-hybridized carbons (Fsp3) is 0.571. The molecule has 2 aromatic rings. The minimum atomic E-state index is -0.753. The molecule has 1 aliphatic heterocycles. The molecule has 1 amide bonds. The molecule has 1 unspecified atom stereocenters. The number of piperidine rings is 1. The molecule has 1 fully saturated rings. The number of hydrogen-bond acceptors (Lipinski definition) is 5. The molecule has 0 aliphatic carbocycles. The summed E-state index contributed by atoms with van der Waals surface area (Å²) in [4.78, 5) is 16.5. The molecule has 7 nitrogen and oxygen atoms in total. The van der Waals surface area contributed by atoms with Crippen molar-refractivity contribution in [2.75, 3.05) is 6.54 Å². The molecular weight excluding hydrogens is 306 g/mol. The zero-order chi connectivity index (χ0) is 15.9. The topological polar surface area (TPSA) is 85.8 Å². The van der Waals surface area contributed by atoms with Gasteiger partial charge in [-0.2, -0.15) is 10.1 Å². The third-order valence-electron chi connectivity index (χ3n) is 4.19. The molecule has 8 heteroatoms. The average Bonchev–Trinajstić information content (AvgIpc) is 3.04. The quantitative estimate of drug-likeness (QED) is 0.925. The number of carbonyl (C=O) groups excluding carboxylic acids is 1. The minimum Gasteiger partial charge on any atom is -0.355 e. The van der Waals surface area contributed by atoms with E-state index in [9.17, 15) is 4.79 Å². The van der Waals surface area contributed by atoms with E-state index in [1.165, 1.54) is 0 Å². The predicted octanol–water partition coefficient (Wildman–Crippen LogP) is 1.52. The number of nitrogens with zero attached hydrogens (tertiary/aromatic N) is 4. The number of hydrogen-bond donors (Lipinski definition) is 1. The van der Waals surface area contributed by atoms with Crippen LogP contribution in [0.15, 0.2) is 4.52 Å². The average molecular weight is 324 g/mol. The molecule has 118 valence electrons. The van der Waals surface area contributed by atoms with E-state index in [0.717, 1.165) is 17.7 Å². The van der Waals surface area contributed by atoms with Crippen LogP contribution in [0.1, 0.15) is 42.7 Å². The third-order valence-corrected chi connectivity index (χ3v) is 4.66. The number of aromatic nitrogens is 4. The van der Waals surface area contributed by atoms with Crippen LogP contribution in [0.4, 0.5) is 0 Å². The van der Waals surface area contributed by atoms with Crippen molar-refractivity contribution in [3.05, 3.63) is 28.1 Å². The van der Waals surface area contributed by atoms with Crippen molar-refractivity contribution in [2.24, 2.45) is 7.05 Å². The van der Waals surface area contributed by atoms with Gasteiger partial charge in [-0.1, -0.05) is 16.8 Å². The summed E-state index contributed by atoms with van der Waals surface area (Å²) in [5, 5.41) is 11.7. The summed E-state index contributed by atoms with van der Waals surface area (Å²) in [5.41, 5.74) is 0.951. The van der Waals surface area contributed by atoms with Crippen LogP contribution in [0.5, 0.6) is 0 Å². The first-order valence-corrected chi connectivity index (χ1v) is 7.59. The normalized spacial score (nSPS) is 21.9. The summed E-state index contributed by atoms with van der Waals surface area (Å²) >= 11 is 6.22. The van der Waals surface area contributed by atoms with Crippen molar-refractivity contribution in [3.63, 3.8) is 0 Å². The lowest BCUT2D eigenvalue weighted by Gasteiger charge is -2.28. The SMILES string of the molecule is Cc1nn(C)c(Cl)c1Cc1noc(C2(C)CCCNC2=O)n1. The van der Waals surface area contributed by atoms with Gasteiger partial charge in [-0.15, -0.1) is 0 Å². The second-order valence-corrected chi connectivity index (χ2v) is 6.22. The summed E-state index contributed by atoms with van der Waals surface area (Å²) in [6, 6.07) is 0. The van der Waals surface area contributed by atoms with Crippen LogP contribution in [0.2, 0.25) is 5.15 Å². The molecule has 0 radical (unpaired) electrons. The Morgan fingerprint density at radius 1 is 1.50 bits per heavy atom. The van der Waals surface area contributed by atoms with Gasteiger partial charge in [-0.05, 0) is 26.7 Å². The highest BCUT2D eigenvalue weighted by Gasteiger charge is 2.42. The minimum absolute atomic E-state index is 0.0652. The van der Waals surface area contributed by atoms with Crippen molar-refractivity contribution in [1.29, 1.82) is 0 Å². The fourth-order valence-corrected chi connectivity index (χ4v) is 2.98. The smallest absolute Gasteiger partial charge is 0.242 e. The summed E-state index contributed by atoms with van der Waals surface area (Å²) in [7, 11) is 1.79. The van der Waals surface area contributed by atoms with Crippen molar-refractivity contribution < 1.29 is 9.32 Å². The molecule has 1 N–H and O–H groups in total. The first-order chi connectivity index (χ1) is 10.4. The van der Waals surface area contributed by atoms with E-state index in [2.05, 4.69) is 20.6 Å². The molecule has 1 aliphatic rings. The van der Waals surface area contributed by atoms with Crippen LogP contribution in [-0.2, 0) is 23.7 Å². The molecule has 3 rings (SSSR count). The summed E-state index contributed by atoms with van der Waals surface area (Å²) in [5.74, 6) is 0.800. The summed E-state index contributed by atoms with van der Waals surface area (Å²) in [6.07, 6.45) is 2.03. The molecule has 0 aromatic carbocycles. The van der Waals surface area contributed by atoms with E-state index in [4.69, 9.17) is 16.1 Å². The Morgan fingerprint density at radius 3 is 2.91 bits per heavy atom. The van der Waals surface area contributed by atoms with Gasteiger partial charge < -0.3 is 9.84 Å². The van der Waals surface area contributed by atoms with Crippen LogP contribution >= 0.6 is 11.6 Å². The number of nitrogens with one attached hydrogen (secondary N) is 1. The lowest BCUT2D eigenvalue weighted by Crippen LogP contribution is -2.47. The Balaban J connectivity index is 1.86. The van der Waals surface area contributed by atoms with Gasteiger partial charge in [0.2, 0.25) is 11.8 Å². The Morgan fingerprint density at radius 2 is 2.27 bits per heavy atom. The molecule has 22 heavy (non-hydrogen) atoms. The van der Waals surface area contributed by atoms with Crippen LogP contribution in [0.3, 0.4) is 0 Å². The second kappa shape index (κ2) is 5.39. The van der Waals surface area contributed by atoms with Crippen LogP contribution in [0, 0.1) is 6.92 Å². The number of rotatable bonds is 3. The van der Waals surface area contributed by atoms with Gasteiger partial charge in [0.05, 0.1) is 5.69 Å².